The van der Waals surface area contributed by atoms with Crippen LogP contribution in [0.2, 0.25) is 0 Å². The van der Waals surface area contributed by atoms with Gasteiger partial charge in [-0.2, -0.15) is 4.98 Å². The molecule has 1 aromatic carbocycles. The summed E-state index contributed by atoms with van der Waals surface area (Å²) in [6, 6.07) is 8.70. The maximum atomic E-state index is 12.4. The molecule has 0 unspecified atom stereocenters. The van der Waals surface area contributed by atoms with Crippen LogP contribution in [-0.4, -0.2) is 28.2 Å². The lowest BCUT2D eigenvalue weighted by Crippen LogP contribution is -2.14. The number of hydrogen-bond acceptors (Lipinski definition) is 5. The Morgan fingerprint density at radius 3 is 2.54 bits per heavy atom. The number of rotatable bonds is 5. The van der Waals surface area contributed by atoms with Crippen molar-refractivity contribution in [2.45, 2.75) is 25.3 Å². The van der Waals surface area contributed by atoms with E-state index in [1.165, 1.54) is 6.33 Å². The molecule has 0 aliphatic rings. The van der Waals surface area contributed by atoms with Crippen molar-refractivity contribution >= 4 is 16.0 Å². The van der Waals surface area contributed by atoms with Crippen molar-refractivity contribution < 1.29 is 8.42 Å². The van der Waals surface area contributed by atoms with Crippen LogP contribution < -0.4 is 4.72 Å². The summed E-state index contributed by atoms with van der Waals surface area (Å²) >= 11 is 0. The second-order valence-corrected chi connectivity index (χ2v) is 7.16. The van der Waals surface area contributed by atoms with Gasteiger partial charge in [0.25, 0.3) is 16.0 Å². The number of nitrogens with one attached hydrogen (secondary N) is 1. The Hall–Kier alpha value is -2.74. The first-order chi connectivity index (χ1) is 11.4. The van der Waals surface area contributed by atoms with Crippen LogP contribution in [0, 0.1) is 13.8 Å². The second-order valence-electron chi connectivity index (χ2n) is 5.47. The van der Waals surface area contributed by atoms with E-state index in [0.29, 0.717) is 6.54 Å². The molecule has 1 N–H and O–H groups in total. The van der Waals surface area contributed by atoms with Gasteiger partial charge in [0.05, 0.1) is 11.4 Å². The van der Waals surface area contributed by atoms with Crippen molar-refractivity contribution in [2.24, 2.45) is 0 Å². The molecule has 0 fully saturated rings. The topological polar surface area (TPSA) is 89.8 Å². The molecule has 3 rings (SSSR count). The molecule has 0 amide bonds. The van der Waals surface area contributed by atoms with Gasteiger partial charge >= 0.3 is 0 Å². The van der Waals surface area contributed by atoms with Crippen molar-refractivity contribution in [3.8, 4) is 0 Å². The molecule has 0 atom stereocenters. The molecule has 8 heteroatoms. The molecule has 3 aromatic rings. The van der Waals surface area contributed by atoms with Crippen LogP contribution in [0.4, 0.5) is 5.95 Å². The number of aromatic nitrogens is 4. The van der Waals surface area contributed by atoms with Crippen LogP contribution in [0.25, 0.3) is 0 Å². The lowest BCUT2D eigenvalue weighted by molar-refractivity contribution is 0.600. The van der Waals surface area contributed by atoms with Gasteiger partial charge in [-0.05, 0) is 54.8 Å². The fraction of sp³-hybridized carbons (Fsp3) is 0.188. The molecule has 124 valence electrons. The van der Waals surface area contributed by atoms with Crippen LogP contribution in [0.5, 0.6) is 0 Å². The van der Waals surface area contributed by atoms with Gasteiger partial charge in [0, 0.05) is 12.4 Å². The van der Waals surface area contributed by atoms with E-state index in [0.717, 1.165) is 16.7 Å². The van der Waals surface area contributed by atoms with E-state index in [9.17, 15) is 8.42 Å². The fourth-order valence-electron chi connectivity index (χ4n) is 2.15. The van der Waals surface area contributed by atoms with Crippen LogP contribution >= 0.6 is 0 Å². The van der Waals surface area contributed by atoms with Crippen LogP contribution in [0.1, 0.15) is 16.7 Å². The number of sulfonamides is 1. The Morgan fingerprint density at radius 1 is 1.08 bits per heavy atom. The minimum absolute atomic E-state index is 0.0438. The zero-order chi connectivity index (χ0) is 17.2. The standard InChI is InChI=1S/C16H17N5O2S/c1-12-3-4-15(9-13(12)2)24(22,23)20-16-18-11-21(19-16)10-14-5-7-17-8-6-14/h3-9,11H,10H2,1-2H3,(H,19,20). The van der Waals surface area contributed by atoms with Crippen molar-refractivity contribution in [1.29, 1.82) is 0 Å². The summed E-state index contributed by atoms with van der Waals surface area (Å²) in [5, 5.41) is 4.15. The Morgan fingerprint density at radius 2 is 1.83 bits per heavy atom. The van der Waals surface area contributed by atoms with Gasteiger partial charge in [0.2, 0.25) is 0 Å². The smallest absolute Gasteiger partial charge is 0.264 e. The van der Waals surface area contributed by atoms with Gasteiger partial charge in [-0.3, -0.25) is 4.98 Å². The average molecular weight is 343 g/mol. The summed E-state index contributed by atoms with van der Waals surface area (Å²) in [6.07, 6.45) is 4.86. The Bertz CT molecular complexity index is 952. The van der Waals surface area contributed by atoms with Gasteiger partial charge in [0.1, 0.15) is 6.33 Å². The van der Waals surface area contributed by atoms with Gasteiger partial charge in [-0.25, -0.2) is 17.8 Å². The fourth-order valence-corrected chi connectivity index (χ4v) is 3.18. The third-order valence-electron chi connectivity index (χ3n) is 3.64. The quantitative estimate of drug-likeness (QED) is 0.766. The zero-order valence-corrected chi connectivity index (χ0v) is 14.2. The number of aryl methyl sites for hydroxylation is 2. The monoisotopic (exact) mass is 343 g/mol. The predicted octanol–water partition coefficient (Wildman–Crippen LogP) is 2.14. The number of pyridine rings is 1. The maximum absolute atomic E-state index is 12.4. The molecular formula is C16H17N5O2S. The van der Waals surface area contributed by atoms with Crippen molar-refractivity contribution in [2.75, 3.05) is 4.72 Å². The van der Waals surface area contributed by atoms with Crippen LogP contribution in [-0.2, 0) is 16.6 Å². The zero-order valence-electron chi connectivity index (χ0n) is 13.3. The lowest BCUT2D eigenvalue weighted by Gasteiger charge is -2.07. The largest absolute Gasteiger partial charge is 0.265 e. The maximum Gasteiger partial charge on any atom is 0.264 e. The second kappa shape index (κ2) is 6.40. The van der Waals surface area contributed by atoms with Gasteiger partial charge in [-0.1, -0.05) is 6.07 Å². The van der Waals surface area contributed by atoms with Crippen molar-refractivity contribution in [1.82, 2.24) is 19.7 Å². The summed E-state index contributed by atoms with van der Waals surface area (Å²) in [5.41, 5.74) is 2.95. The van der Waals surface area contributed by atoms with E-state index in [1.807, 2.05) is 26.0 Å². The highest BCUT2D eigenvalue weighted by molar-refractivity contribution is 7.92. The molecule has 2 heterocycles. The third-order valence-corrected chi connectivity index (χ3v) is 4.97. The molecule has 0 saturated heterocycles. The van der Waals surface area contributed by atoms with E-state index in [2.05, 4.69) is 19.8 Å². The van der Waals surface area contributed by atoms with E-state index in [4.69, 9.17) is 0 Å². The van der Waals surface area contributed by atoms with Crippen LogP contribution in [0.3, 0.4) is 0 Å². The molecule has 0 aliphatic carbocycles. The highest BCUT2D eigenvalue weighted by Gasteiger charge is 2.17. The predicted molar refractivity (Wildman–Crippen MR) is 90.1 cm³/mol. The van der Waals surface area contributed by atoms with Gasteiger partial charge in [0.15, 0.2) is 0 Å². The number of hydrogen-bond donors (Lipinski definition) is 1. The van der Waals surface area contributed by atoms with E-state index in [1.54, 1.807) is 35.3 Å². The van der Waals surface area contributed by atoms with Crippen molar-refractivity contribution in [3.63, 3.8) is 0 Å². The lowest BCUT2D eigenvalue weighted by atomic mass is 10.1. The van der Waals surface area contributed by atoms with E-state index < -0.39 is 10.0 Å². The minimum Gasteiger partial charge on any atom is -0.265 e. The summed E-state index contributed by atoms with van der Waals surface area (Å²) in [5.74, 6) is 0.0438. The molecule has 24 heavy (non-hydrogen) atoms. The average Bonchev–Trinajstić information content (AvgIpc) is 2.97. The molecule has 2 aromatic heterocycles. The highest BCUT2D eigenvalue weighted by Crippen LogP contribution is 2.17. The number of nitrogens with zero attached hydrogens (tertiary/aromatic N) is 4. The van der Waals surface area contributed by atoms with Crippen LogP contribution in [0.15, 0.2) is 53.9 Å². The van der Waals surface area contributed by atoms with E-state index >= 15 is 0 Å². The number of benzene rings is 1. The number of anilines is 1. The Labute approximate surface area is 140 Å². The first-order valence-electron chi connectivity index (χ1n) is 7.32. The van der Waals surface area contributed by atoms with E-state index in [-0.39, 0.29) is 10.8 Å². The highest BCUT2D eigenvalue weighted by atomic mass is 32.2. The molecular weight excluding hydrogens is 326 g/mol. The molecule has 0 radical (unpaired) electrons. The van der Waals surface area contributed by atoms with Crippen molar-refractivity contribution in [3.05, 3.63) is 65.7 Å². The van der Waals surface area contributed by atoms with Gasteiger partial charge < -0.3 is 0 Å². The summed E-state index contributed by atoms with van der Waals surface area (Å²) in [4.78, 5) is 8.15. The Kier molecular flexibility index (Phi) is 4.30. The summed E-state index contributed by atoms with van der Waals surface area (Å²) < 4.78 is 28.8. The molecule has 0 aliphatic heterocycles. The molecule has 0 bridgehead atoms. The molecule has 0 spiro atoms. The Balaban J connectivity index is 1.77. The summed E-state index contributed by atoms with van der Waals surface area (Å²) in [7, 11) is -3.71. The third kappa shape index (κ3) is 3.60. The normalized spacial score (nSPS) is 11.4. The molecule has 7 nitrogen and oxygen atoms in total. The summed E-state index contributed by atoms with van der Waals surface area (Å²) in [6.45, 7) is 4.29. The first kappa shape index (κ1) is 16.1. The molecule has 0 saturated carbocycles. The van der Waals surface area contributed by atoms with Gasteiger partial charge in [-0.15, -0.1) is 5.10 Å². The SMILES string of the molecule is Cc1ccc(S(=O)(=O)Nc2ncn(Cc3ccncc3)n2)cc1C. The first-order valence-corrected chi connectivity index (χ1v) is 8.81. The minimum atomic E-state index is -3.71.